The Balaban J connectivity index is 2.49. The lowest BCUT2D eigenvalue weighted by Crippen LogP contribution is -2.37. The highest BCUT2D eigenvalue weighted by molar-refractivity contribution is 8.11. The summed E-state index contributed by atoms with van der Waals surface area (Å²) >= 11 is 11.9. The van der Waals surface area contributed by atoms with E-state index < -0.39 is 4.33 Å². The van der Waals surface area contributed by atoms with Crippen LogP contribution < -0.4 is 5.32 Å². The van der Waals surface area contributed by atoms with Crippen LogP contribution in [0.1, 0.15) is 0 Å². The molecule has 1 aliphatic rings. The van der Waals surface area contributed by atoms with Crippen LogP contribution in [0.5, 0.6) is 5.88 Å². The number of carbonyl (C=O) groups excluding carboxylic acids is 1. The van der Waals surface area contributed by atoms with Crippen molar-refractivity contribution in [2.75, 3.05) is 5.75 Å². The van der Waals surface area contributed by atoms with Crippen LogP contribution in [0.25, 0.3) is 0 Å². The van der Waals surface area contributed by atoms with Crippen LogP contribution in [0.2, 0.25) is 0 Å². The van der Waals surface area contributed by atoms with Gasteiger partial charge in [0, 0.05) is 0 Å². The molecule has 0 saturated carbocycles. The fourth-order valence-electron chi connectivity index (χ4n) is 1.12. The summed E-state index contributed by atoms with van der Waals surface area (Å²) in [6, 6.07) is 0. The van der Waals surface area contributed by atoms with Crippen molar-refractivity contribution in [3.63, 3.8) is 0 Å². The van der Waals surface area contributed by atoms with Gasteiger partial charge in [-0.3, -0.25) is 9.36 Å². The smallest absolute Gasteiger partial charge is 0.233 e. The third-order valence-corrected chi connectivity index (χ3v) is 4.66. The Bertz CT molecular complexity index is 439. The van der Waals surface area contributed by atoms with Crippen LogP contribution in [-0.4, -0.2) is 21.3 Å². The molecule has 0 spiro atoms. The highest BCUT2D eigenvalue weighted by Gasteiger charge is 2.39. The van der Waals surface area contributed by atoms with E-state index >= 15 is 0 Å². The van der Waals surface area contributed by atoms with E-state index in [4.69, 9.17) is 12.2 Å². The number of thiol groups is 1. The molecule has 2 heterocycles. The van der Waals surface area contributed by atoms with Gasteiger partial charge < -0.3 is 10.4 Å². The van der Waals surface area contributed by atoms with Crippen molar-refractivity contribution in [1.82, 2.24) is 9.88 Å². The maximum Gasteiger partial charge on any atom is 0.233 e. The maximum atomic E-state index is 11.1. The summed E-state index contributed by atoms with van der Waals surface area (Å²) in [5, 5.41) is 13.7. The summed E-state index contributed by atoms with van der Waals surface area (Å²) in [7, 11) is 0. The summed E-state index contributed by atoms with van der Waals surface area (Å²) < 4.78 is 0.955. The molecule has 0 aliphatic carbocycles. The second-order valence-electron chi connectivity index (χ2n) is 2.64. The third-order valence-electron chi connectivity index (χ3n) is 1.69. The zero-order valence-electron chi connectivity index (χ0n) is 6.76. The minimum absolute atomic E-state index is 0.0182. The van der Waals surface area contributed by atoms with E-state index in [0.29, 0.717) is 9.71 Å². The monoisotopic (exact) mass is 266 g/mol. The third kappa shape index (κ3) is 1.56. The number of hydrogen-bond acceptors (Lipinski definition) is 6. The van der Waals surface area contributed by atoms with Crippen molar-refractivity contribution < 1.29 is 9.90 Å². The first-order valence-electron chi connectivity index (χ1n) is 3.60. The fraction of sp³-hybridized carbons (Fsp3) is 0.333. The average molecular weight is 266 g/mol. The van der Waals surface area contributed by atoms with E-state index in [9.17, 15) is 9.90 Å². The van der Waals surface area contributed by atoms with Crippen LogP contribution in [0.4, 0.5) is 0 Å². The van der Waals surface area contributed by atoms with Gasteiger partial charge in [-0.1, -0.05) is 11.8 Å². The van der Waals surface area contributed by atoms with Crippen molar-refractivity contribution in [3.05, 3.63) is 9.33 Å². The quantitative estimate of drug-likeness (QED) is 0.530. The van der Waals surface area contributed by atoms with Gasteiger partial charge in [-0.05, 0) is 12.2 Å². The standard InChI is InChI=1S/C6H6N2O2S4/c9-3-1-14-6(12,7-3)8-4(10)2-13-5(8)11/h2,10,12H,1H2,(H,7,9). The number of aromatic hydroxyl groups is 1. The SMILES string of the molecule is O=C1CSC(S)(n2c(O)csc2=S)N1. The Hall–Kier alpha value is -0.180. The van der Waals surface area contributed by atoms with E-state index in [0.717, 1.165) is 0 Å². The summed E-state index contributed by atoms with van der Waals surface area (Å²) in [4.78, 5) is 11.1. The van der Waals surface area contributed by atoms with E-state index in [1.807, 2.05) is 0 Å². The molecule has 1 fully saturated rings. The predicted molar refractivity (Wildman–Crippen MR) is 62.4 cm³/mol. The van der Waals surface area contributed by atoms with Gasteiger partial charge in [-0.2, -0.15) is 0 Å². The zero-order chi connectivity index (χ0) is 10.3. The van der Waals surface area contributed by atoms with Gasteiger partial charge in [-0.25, -0.2) is 0 Å². The molecule has 2 N–H and O–H groups in total. The van der Waals surface area contributed by atoms with Crippen LogP contribution >= 0.6 is 47.9 Å². The van der Waals surface area contributed by atoms with Gasteiger partial charge in [0.05, 0.1) is 11.1 Å². The molecule has 2 rings (SSSR count). The summed E-state index contributed by atoms with van der Waals surface area (Å²) in [5.41, 5.74) is 0. The molecular weight excluding hydrogens is 260 g/mol. The molecule has 1 aromatic heterocycles. The van der Waals surface area contributed by atoms with Gasteiger partial charge in [-0.15, -0.1) is 24.0 Å². The molecule has 76 valence electrons. The molecule has 1 atom stereocenters. The molecule has 1 aromatic rings. The normalized spacial score (nSPS) is 26.5. The van der Waals surface area contributed by atoms with Crippen molar-refractivity contribution in [2.24, 2.45) is 0 Å². The Kier molecular flexibility index (Phi) is 2.54. The minimum Gasteiger partial charge on any atom is -0.494 e. The first kappa shape index (κ1) is 10.3. The number of rotatable bonds is 1. The molecule has 0 aromatic carbocycles. The topological polar surface area (TPSA) is 54.3 Å². The molecule has 1 saturated heterocycles. The van der Waals surface area contributed by atoms with Crippen LogP contribution in [0, 0.1) is 3.95 Å². The highest BCUT2D eigenvalue weighted by atomic mass is 32.2. The Morgan fingerprint density at radius 3 is 2.93 bits per heavy atom. The highest BCUT2D eigenvalue weighted by Crippen LogP contribution is 2.40. The van der Waals surface area contributed by atoms with Gasteiger partial charge >= 0.3 is 0 Å². The molecule has 14 heavy (non-hydrogen) atoms. The first-order valence-corrected chi connectivity index (χ1v) is 6.32. The lowest BCUT2D eigenvalue weighted by Gasteiger charge is -2.23. The van der Waals surface area contributed by atoms with Crippen LogP contribution in [-0.2, 0) is 9.12 Å². The van der Waals surface area contributed by atoms with Crippen molar-refractivity contribution in [2.45, 2.75) is 4.33 Å². The van der Waals surface area contributed by atoms with Crippen molar-refractivity contribution >= 4 is 53.9 Å². The summed E-state index contributed by atoms with van der Waals surface area (Å²) in [6.45, 7) is 0. The largest absolute Gasteiger partial charge is 0.494 e. The fourth-order valence-corrected chi connectivity index (χ4v) is 3.82. The van der Waals surface area contributed by atoms with E-state index in [-0.39, 0.29) is 11.8 Å². The number of thiazole rings is 1. The van der Waals surface area contributed by atoms with Gasteiger partial charge in [0.2, 0.25) is 16.1 Å². The first-order chi connectivity index (χ1) is 6.53. The molecule has 1 unspecified atom stereocenters. The molecule has 0 radical (unpaired) electrons. The van der Waals surface area contributed by atoms with Crippen molar-refractivity contribution in [3.8, 4) is 5.88 Å². The lowest BCUT2D eigenvalue weighted by molar-refractivity contribution is -0.118. The van der Waals surface area contributed by atoms with Crippen LogP contribution in [0.3, 0.4) is 0 Å². The summed E-state index contributed by atoms with van der Waals surface area (Å²) in [6.07, 6.45) is 0. The van der Waals surface area contributed by atoms with E-state index in [1.165, 1.54) is 33.0 Å². The number of amides is 1. The average Bonchev–Trinajstić information content (AvgIpc) is 2.58. The maximum absolute atomic E-state index is 11.1. The van der Waals surface area contributed by atoms with Gasteiger partial charge in [0.25, 0.3) is 0 Å². The van der Waals surface area contributed by atoms with Crippen LogP contribution in [0.15, 0.2) is 5.38 Å². The Morgan fingerprint density at radius 2 is 2.50 bits per heavy atom. The molecule has 0 bridgehead atoms. The number of aromatic nitrogens is 1. The van der Waals surface area contributed by atoms with E-state index in [2.05, 4.69) is 17.9 Å². The Labute approximate surface area is 98.7 Å². The number of nitrogens with zero attached hydrogens (tertiary/aromatic N) is 1. The molecular formula is C6H6N2O2S4. The summed E-state index contributed by atoms with van der Waals surface area (Å²) in [5.74, 6) is 0.225. The van der Waals surface area contributed by atoms with Crippen molar-refractivity contribution in [1.29, 1.82) is 0 Å². The predicted octanol–water partition coefficient (Wildman–Crippen LogP) is 1.35. The number of carbonyl (C=O) groups is 1. The van der Waals surface area contributed by atoms with Gasteiger partial charge in [0.15, 0.2) is 3.95 Å². The minimum atomic E-state index is -0.946. The number of hydrogen-bond donors (Lipinski definition) is 3. The lowest BCUT2D eigenvalue weighted by atomic mass is 10.7. The number of thioether (sulfide) groups is 1. The zero-order valence-corrected chi connectivity index (χ0v) is 10.1. The second kappa shape index (κ2) is 3.44. The second-order valence-corrected chi connectivity index (χ2v) is 6.26. The molecule has 1 amide bonds. The van der Waals surface area contributed by atoms with E-state index in [1.54, 1.807) is 0 Å². The Morgan fingerprint density at radius 1 is 1.79 bits per heavy atom. The molecule has 4 nitrogen and oxygen atoms in total. The molecule has 8 heteroatoms. The number of nitrogens with one attached hydrogen (secondary N) is 1. The van der Waals surface area contributed by atoms with Gasteiger partial charge in [0.1, 0.15) is 0 Å². The molecule has 1 aliphatic heterocycles.